The summed E-state index contributed by atoms with van der Waals surface area (Å²) in [7, 11) is 0. The molecule has 20 heavy (non-hydrogen) atoms. The summed E-state index contributed by atoms with van der Waals surface area (Å²) in [6, 6.07) is 6.52. The molecule has 0 saturated carbocycles. The predicted molar refractivity (Wildman–Crippen MR) is 76.3 cm³/mol. The third kappa shape index (κ3) is 6.19. The molecule has 0 heterocycles. The number of nitrogens with two attached hydrogens (primary N) is 2. The Morgan fingerprint density at radius 2 is 2.05 bits per heavy atom. The van der Waals surface area contributed by atoms with Crippen molar-refractivity contribution in [2.24, 2.45) is 11.5 Å². The molecule has 0 aromatic heterocycles. The summed E-state index contributed by atoms with van der Waals surface area (Å²) in [6.07, 6.45) is 0.219. The first-order valence-corrected chi connectivity index (χ1v) is 6.36. The molecule has 6 heteroatoms. The normalized spacial score (nSPS) is 10.9. The molecular formula is C14H21N3O3. The highest BCUT2D eigenvalue weighted by Crippen LogP contribution is 2.13. The number of amides is 2. The lowest BCUT2D eigenvalue weighted by Crippen LogP contribution is -2.45. The molecule has 0 aliphatic heterocycles. The van der Waals surface area contributed by atoms with Gasteiger partial charge in [-0.05, 0) is 32.0 Å². The van der Waals surface area contributed by atoms with Crippen LogP contribution >= 0.6 is 0 Å². The van der Waals surface area contributed by atoms with Gasteiger partial charge in [-0.2, -0.15) is 0 Å². The number of hydrogen-bond acceptors (Lipinski definition) is 4. The summed E-state index contributed by atoms with van der Waals surface area (Å²) in [5.74, 6) is -0.138. The Bertz CT molecular complexity index is 481. The molecule has 2 amide bonds. The van der Waals surface area contributed by atoms with Gasteiger partial charge in [-0.1, -0.05) is 6.07 Å². The summed E-state index contributed by atoms with van der Waals surface area (Å²) in [5.41, 5.74) is 10.9. The molecule has 5 N–H and O–H groups in total. The second kappa shape index (κ2) is 6.91. The van der Waals surface area contributed by atoms with E-state index in [4.69, 9.17) is 16.2 Å². The van der Waals surface area contributed by atoms with Crippen molar-refractivity contribution in [3.63, 3.8) is 0 Å². The number of ether oxygens (including phenoxy) is 1. The van der Waals surface area contributed by atoms with Crippen LogP contribution in [0.2, 0.25) is 0 Å². The molecule has 0 spiro atoms. The van der Waals surface area contributed by atoms with Crippen molar-refractivity contribution in [1.29, 1.82) is 0 Å². The van der Waals surface area contributed by atoms with Gasteiger partial charge in [0, 0.05) is 17.6 Å². The Morgan fingerprint density at radius 1 is 1.35 bits per heavy atom. The zero-order valence-corrected chi connectivity index (χ0v) is 11.8. The van der Waals surface area contributed by atoms with E-state index in [-0.39, 0.29) is 18.9 Å². The van der Waals surface area contributed by atoms with E-state index in [2.05, 4.69) is 5.32 Å². The van der Waals surface area contributed by atoms with E-state index in [0.29, 0.717) is 17.9 Å². The van der Waals surface area contributed by atoms with Crippen molar-refractivity contribution in [3.05, 3.63) is 29.8 Å². The monoisotopic (exact) mass is 279 g/mol. The van der Waals surface area contributed by atoms with Crippen molar-refractivity contribution < 1.29 is 14.3 Å². The number of rotatable bonds is 7. The van der Waals surface area contributed by atoms with Gasteiger partial charge in [0.05, 0.1) is 13.0 Å². The number of carbonyl (C=O) groups excluding carboxylic acids is 2. The summed E-state index contributed by atoms with van der Waals surface area (Å²) in [4.78, 5) is 22.5. The van der Waals surface area contributed by atoms with Gasteiger partial charge in [-0.3, -0.25) is 9.59 Å². The van der Waals surface area contributed by atoms with Crippen molar-refractivity contribution in [2.75, 3.05) is 13.2 Å². The number of nitrogens with one attached hydrogen (secondary N) is 1. The zero-order valence-electron chi connectivity index (χ0n) is 11.8. The van der Waals surface area contributed by atoms with Crippen molar-refractivity contribution in [2.45, 2.75) is 25.8 Å². The molecule has 0 radical (unpaired) electrons. The highest BCUT2D eigenvalue weighted by Gasteiger charge is 2.12. The summed E-state index contributed by atoms with van der Waals surface area (Å²) >= 11 is 0. The molecule has 1 rings (SSSR count). The number of carbonyl (C=O) groups is 2. The Labute approximate surface area is 118 Å². The molecule has 1 aromatic carbocycles. The highest BCUT2D eigenvalue weighted by atomic mass is 16.5. The van der Waals surface area contributed by atoms with Gasteiger partial charge in [0.15, 0.2) is 0 Å². The second-order valence-electron chi connectivity index (χ2n) is 5.26. The van der Waals surface area contributed by atoms with Crippen molar-refractivity contribution >= 4 is 11.8 Å². The van der Waals surface area contributed by atoms with Gasteiger partial charge in [-0.15, -0.1) is 0 Å². The van der Waals surface area contributed by atoms with E-state index < -0.39 is 11.4 Å². The van der Waals surface area contributed by atoms with Crippen LogP contribution in [0.1, 0.15) is 30.6 Å². The molecule has 110 valence electrons. The average molecular weight is 279 g/mol. The second-order valence-corrected chi connectivity index (χ2v) is 5.26. The maximum absolute atomic E-state index is 11.5. The largest absolute Gasteiger partial charge is 0.493 e. The third-order valence-corrected chi connectivity index (χ3v) is 2.46. The van der Waals surface area contributed by atoms with E-state index in [1.165, 1.54) is 0 Å². The quantitative estimate of drug-likeness (QED) is 0.671. The predicted octanol–water partition coefficient (Wildman–Crippen LogP) is 0.408. The van der Waals surface area contributed by atoms with Gasteiger partial charge in [-0.25, -0.2) is 0 Å². The van der Waals surface area contributed by atoms with Crippen LogP contribution in [0.3, 0.4) is 0 Å². The zero-order chi connectivity index (χ0) is 15.2. The Hall–Kier alpha value is -2.08. The molecule has 6 nitrogen and oxygen atoms in total. The molecule has 0 aliphatic carbocycles. The molecule has 0 unspecified atom stereocenters. The first-order chi connectivity index (χ1) is 9.28. The molecule has 0 aliphatic rings. The fourth-order valence-corrected chi connectivity index (χ4v) is 1.42. The molecule has 0 atom stereocenters. The van der Waals surface area contributed by atoms with Gasteiger partial charge in [0.1, 0.15) is 5.75 Å². The van der Waals surface area contributed by atoms with E-state index in [1.54, 1.807) is 24.3 Å². The van der Waals surface area contributed by atoms with E-state index in [0.717, 1.165) is 0 Å². The lowest BCUT2D eigenvalue weighted by atomic mass is 10.1. The molecule has 0 saturated heterocycles. The van der Waals surface area contributed by atoms with E-state index in [9.17, 15) is 9.59 Å². The third-order valence-electron chi connectivity index (χ3n) is 2.46. The summed E-state index contributed by atoms with van der Waals surface area (Å²) in [5, 5.41) is 2.72. The molecule has 1 aromatic rings. The minimum absolute atomic E-state index is 0.130. The number of hydrogen-bond donors (Lipinski definition) is 3. The van der Waals surface area contributed by atoms with Gasteiger partial charge >= 0.3 is 0 Å². The lowest BCUT2D eigenvalue weighted by molar-refractivity contribution is -0.121. The van der Waals surface area contributed by atoms with Crippen LogP contribution in [-0.4, -0.2) is 30.5 Å². The maximum atomic E-state index is 11.5. The first kappa shape index (κ1) is 16.0. The van der Waals surface area contributed by atoms with E-state index in [1.807, 2.05) is 13.8 Å². The Balaban J connectivity index is 2.35. The van der Waals surface area contributed by atoms with Crippen LogP contribution in [0.15, 0.2) is 24.3 Å². The minimum Gasteiger partial charge on any atom is -0.493 e. The number of primary amides is 1. The molecular weight excluding hydrogens is 258 g/mol. The fraction of sp³-hybridized carbons (Fsp3) is 0.429. The van der Waals surface area contributed by atoms with Crippen LogP contribution in [0, 0.1) is 0 Å². The summed E-state index contributed by atoms with van der Waals surface area (Å²) < 4.78 is 5.40. The van der Waals surface area contributed by atoms with Gasteiger partial charge in [0.25, 0.3) is 0 Å². The summed E-state index contributed by atoms with van der Waals surface area (Å²) in [6.45, 7) is 4.29. The first-order valence-electron chi connectivity index (χ1n) is 6.36. The smallest absolute Gasteiger partial charge is 0.248 e. The van der Waals surface area contributed by atoms with Crippen LogP contribution in [-0.2, 0) is 4.79 Å². The molecule has 0 fully saturated rings. The van der Waals surface area contributed by atoms with Crippen LogP contribution in [0.25, 0.3) is 0 Å². The minimum atomic E-state index is -0.515. The number of benzene rings is 1. The van der Waals surface area contributed by atoms with Gasteiger partial charge in [0.2, 0.25) is 11.8 Å². The average Bonchev–Trinajstić information content (AvgIpc) is 2.36. The standard InChI is InChI=1S/C14H21N3O3/c1-14(2,16)9-17-12(18)6-7-20-11-5-3-4-10(8-11)13(15)19/h3-5,8H,6-7,9,16H2,1-2H3,(H2,15,19)(H,17,18). The van der Waals surface area contributed by atoms with E-state index >= 15 is 0 Å². The fourth-order valence-electron chi connectivity index (χ4n) is 1.42. The SMILES string of the molecule is CC(C)(N)CNC(=O)CCOc1cccc(C(N)=O)c1. The van der Waals surface area contributed by atoms with Gasteiger partial charge < -0.3 is 21.5 Å². The van der Waals surface area contributed by atoms with Crippen molar-refractivity contribution in [1.82, 2.24) is 5.32 Å². The van der Waals surface area contributed by atoms with Crippen molar-refractivity contribution in [3.8, 4) is 5.75 Å². The molecule has 0 bridgehead atoms. The Morgan fingerprint density at radius 3 is 2.65 bits per heavy atom. The highest BCUT2D eigenvalue weighted by molar-refractivity contribution is 5.93. The van der Waals surface area contributed by atoms with Crippen LogP contribution in [0.5, 0.6) is 5.75 Å². The maximum Gasteiger partial charge on any atom is 0.248 e. The Kier molecular flexibility index (Phi) is 5.52. The topological polar surface area (TPSA) is 107 Å². The van der Waals surface area contributed by atoms with Crippen LogP contribution < -0.4 is 21.5 Å². The lowest BCUT2D eigenvalue weighted by Gasteiger charge is -2.18. The van der Waals surface area contributed by atoms with Crippen LogP contribution in [0.4, 0.5) is 0 Å².